The third kappa shape index (κ3) is 6.55. The molecule has 168 valence electrons. The second-order valence-corrected chi connectivity index (χ2v) is 10.5. The molecule has 1 aliphatic heterocycles. The van der Waals surface area contributed by atoms with Crippen LogP contribution in [0.15, 0.2) is 48.5 Å². The lowest BCUT2D eigenvalue weighted by Crippen LogP contribution is -2.40. The molecular formula is C24H33N3O3S. The summed E-state index contributed by atoms with van der Waals surface area (Å²) in [6.45, 7) is 7.35. The molecule has 6 nitrogen and oxygen atoms in total. The van der Waals surface area contributed by atoms with Gasteiger partial charge < -0.3 is 5.32 Å². The first kappa shape index (κ1) is 23.3. The van der Waals surface area contributed by atoms with Crippen LogP contribution in [-0.4, -0.2) is 45.1 Å². The smallest absolute Gasteiger partial charge is 0.241 e. The summed E-state index contributed by atoms with van der Waals surface area (Å²) in [4.78, 5) is 15.1. The molecule has 1 saturated heterocycles. The van der Waals surface area contributed by atoms with E-state index in [1.54, 1.807) is 12.1 Å². The molecule has 1 fully saturated rings. The second kappa shape index (κ2) is 10.3. The fourth-order valence-corrected chi connectivity index (χ4v) is 4.88. The van der Waals surface area contributed by atoms with Gasteiger partial charge in [-0.15, -0.1) is 0 Å². The fraction of sp³-hybridized carbons (Fsp3) is 0.458. The fourth-order valence-electron chi connectivity index (χ4n) is 4.01. The van der Waals surface area contributed by atoms with Gasteiger partial charge in [-0.3, -0.25) is 14.0 Å². The minimum Gasteiger partial charge on any atom is -0.350 e. The number of para-hydroxylation sites is 1. The van der Waals surface area contributed by atoms with Crippen LogP contribution in [0.25, 0.3) is 0 Å². The van der Waals surface area contributed by atoms with E-state index in [2.05, 4.69) is 22.3 Å². The van der Waals surface area contributed by atoms with E-state index in [-0.39, 0.29) is 18.4 Å². The number of anilines is 1. The SMILES string of the molecule is CC(C)c1ccccc1N(CC(=O)NCc1cccc(CN2CCCC2)c1)S(C)(=O)=O. The van der Waals surface area contributed by atoms with Crippen molar-refractivity contribution in [1.82, 2.24) is 10.2 Å². The molecule has 0 unspecified atom stereocenters. The number of hydrogen-bond acceptors (Lipinski definition) is 4. The van der Waals surface area contributed by atoms with E-state index in [9.17, 15) is 13.2 Å². The maximum absolute atomic E-state index is 12.7. The van der Waals surface area contributed by atoms with Gasteiger partial charge in [0.1, 0.15) is 6.54 Å². The lowest BCUT2D eigenvalue weighted by molar-refractivity contribution is -0.119. The molecule has 0 aliphatic carbocycles. The molecule has 2 aromatic carbocycles. The van der Waals surface area contributed by atoms with E-state index >= 15 is 0 Å². The van der Waals surface area contributed by atoms with Gasteiger partial charge in [-0.25, -0.2) is 8.42 Å². The van der Waals surface area contributed by atoms with Gasteiger partial charge in [0, 0.05) is 13.1 Å². The van der Waals surface area contributed by atoms with Crippen molar-refractivity contribution in [2.24, 2.45) is 0 Å². The van der Waals surface area contributed by atoms with Crippen LogP contribution in [0.4, 0.5) is 5.69 Å². The minimum atomic E-state index is -3.61. The molecule has 31 heavy (non-hydrogen) atoms. The summed E-state index contributed by atoms with van der Waals surface area (Å²) in [7, 11) is -3.61. The Morgan fingerprint density at radius 1 is 1.06 bits per heavy atom. The molecule has 0 spiro atoms. The van der Waals surface area contributed by atoms with Gasteiger partial charge in [0.15, 0.2) is 0 Å². The zero-order chi connectivity index (χ0) is 22.4. The molecule has 1 N–H and O–H groups in total. The van der Waals surface area contributed by atoms with Gasteiger partial charge in [0.05, 0.1) is 11.9 Å². The first-order valence-corrected chi connectivity index (χ1v) is 12.7. The van der Waals surface area contributed by atoms with E-state index in [1.165, 1.54) is 22.7 Å². The van der Waals surface area contributed by atoms with Gasteiger partial charge in [0.25, 0.3) is 0 Å². The van der Waals surface area contributed by atoms with Crippen molar-refractivity contribution in [2.45, 2.75) is 45.7 Å². The Morgan fingerprint density at radius 2 is 1.74 bits per heavy atom. The highest BCUT2D eigenvalue weighted by atomic mass is 32.2. The van der Waals surface area contributed by atoms with Crippen LogP contribution in [0.3, 0.4) is 0 Å². The third-order valence-corrected chi connectivity index (χ3v) is 6.73. The molecule has 1 aliphatic rings. The van der Waals surface area contributed by atoms with Gasteiger partial charge in [0.2, 0.25) is 15.9 Å². The molecular weight excluding hydrogens is 410 g/mol. The standard InChI is InChI=1S/C24H33N3O3S/c1-19(2)22-11-4-5-12-23(22)27(31(3,29)30)18-24(28)25-16-20-9-8-10-21(15-20)17-26-13-6-7-14-26/h4-5,8-12,15,19H,6-7,13-14,16-18H2,1-3H3,(H,25,28). The number of carbonyl (C=O) groups excluding carboxylic acids is 1. The van der Waals surface area contributed by atoms with Crippen LogP contribution in [0, 0.1) is 0 Å². The van der Waals surface area contributed by atoms with Gasteiger partial charge in [-0.2, -0.15) is 0 Å². The van der Waals surface area contributed by atoms with Crippen molar-refractivity contribution in [3.63, 3.8) is 0 Å². The normalized spacial score (nSPS) is 14.7. The zero-order valence-corrected chi connectivity index (χ0v) is 19.5. The summed E-state index contributed by atoms with van der Waals surface area (Å²) in [6, 6.07) is 15.6. The number of amides is 1. The molecule has 1 amide bonds. The van der Waals surface area contributed by atoms with E-state index < -0.39 is 10.0 Å². The summed E-state index contributed by atoms with van der Waals surface area (Å²) in [6.07, 6.45) is 3.65. The third-order valence-electron chi connectivity index (χ3n) is 5.60. The quantitative estimate of drug-likeness (QED) is 0.644. The zero-order valence-electron chi connectivity index (χ0n) is 18.7. The first-order valence-electron chi connectivity index (χ1n) is 10.9. The predicted molar refractivity (Wildman–Crippen MR) is 126 cm³/mol. The highest BCUT2D eigenvalue weighted by Crippen LogP contribution is 2.28. The number of nitrogens with one attached hydrogen (secondary N) is 1. The summed E-state index contributed by atoms with van der Waals surface area (Å²) >= 11 is 0. The molecule has 0 bridgehead atoms. The lowest BCUT2D eigenvalue weighted by Gasteiger charge is -2.25. The molecule has 1 heterocycles. The monoisotopic (exact) mass is 443 g/mol. The van der Waals surface area contributed by atoms with Crippen LogP contribution < -0.4 is 9.62 Å². The molecule has 0 radical (unpaired) electrons. The van der Waals surface area contributed by atoms with Gasteiger partial charge >= 0.3 is 0 Å². The lowest BCUT2D eigenvalue weighted by atomic mass is 10.0. The van der Waals surface area contributed by atoms with E-state index in [0.29, 0.717) is 12.2 Å². The number of likely N-dealkylation sites (tertiary alicyclic amines) is 1. The number of benzene rings is 2. The highest BCUT2D eigenvalue weighted by molar-refractivity contribution is 7.92. The largest absolute Gasteiger partial charge is 0.350 e. The summed E-state index contributed by atoms with van der Waals surface area (Å²) in [5, 5.41) is 2.88. The van der Waals surface area contributed by atoms with E-state index in [0.717, 1.165) is 37.0 Å². The Labute approximate surface area is 186 Å². The van der Waals surface area contributed by atoms with Crippen LogP contribution >= 0.6 is 0 Å². The van der Waals surface area contributed by atoms with Crippen LogP contribution in [0.2, 0.25) is 0 Å². The van der Waals surface area contributed by atoms with Crippen LogP contribution in [0.5, 0.6) is 0 Å². The Morgan fingerprint density at radius 3 is 2.42 bits per heavy atom. The average Bonchev–Trinajstić information content (AvgIpc) is 3.23. The molecule has 3 rings (SSSR count). The summed E-state index contributed by atoms with van der Waals surface area (Å²) in [5.74, 6) is -0.184. The average molecular weight is 444 g/mol. The number of carbonyl (C=O) groups is 1. The topological polar surface area (TPSA) is 69.7 Å². The van der Waals surface area contributed by atoms with E-state index in [4.69, 9.17) is 0 Å². The number of nitrogens with zero attached hydrogens (tertiary/aromatic N) is 2. The summed E-state index contributed by atoms with van der Waals surface area (Å²) in [5.41, 5.74) is 3.70. The van der Waals surface area contributed by atoms with Crippen molar-refractivity contribution in [3.05, 3.63) is 65.2 Å². The number of sulfonamides is 1. The number of rotatable bonds is 9. The number of hydrogen-bond donors (Lipinski definition) is 1. The minimum absolute atomic E-state index is 0.141. The van der Waals surface area contributed by atoms with Gasteiger partial charge in [-0.05, 0) is 54.6 Å². The Kier molecular flexibility index (Phi) is 7.73. The molecule has 2 aromatic rings. The Balaban J connectivity index is 1.66. The van der Waals surface area contributed by atoms with Gasteiger partial charge in [-0.1, -0.05) is 56.3 Å². The molecule has 0 saturated carbocycles. The molecule has 0 atom stereocenters. The Bertz CT molecular complexity index is 999. The van der Waals surface area contributed by atoms with Crippen LogP contribution in [0.1, 0.15) is 49.3 Å². The van der Waals surface area contributed by atoms with Crippen molar-refractivity contribution in [3.8, 4) is 0 Å². The predicted octanol–water partition coefficient (Wildman–Crippen LogP) is 3.49. The summed E-state index contributed by atoms with van der Waals surface area (Å²) < 4.78 is 26.1. The van der Waals surface area contributed by atoms with Crippen molar-refractivity contribution in [1.29, 1.82) is 0 Å². The van der Waals surface area contributed by atoms with Crippen molar-refractivity contribution < 1.29 is 13.2 Å². The van der Waals surface area contributed by atoms with E-state index in [1.807, 2.05) is 38.1 Å². The van der Waals surface area contributed by atoms with Crippen molar-refractivity contribution in [2.75, 3.05) is 30.2 Å². The maximum atomic E-state index is 12.7. The maximum Gasteiger partial charge on any atom is 0.241 e. The molecule has 7 heteroatoms. The molecule has 0 aromatic heterocycles. The first-order chi connectivity index (χ1) is 14.7. The Hall–Kier alpha value is -2.38. The van der Waals surface area contributed by atoms with Crippen molar-refractivity contribution >= 4 is 21.6 Å². The highest BCUT2D eigenvalue weighted by Gasteiger charge is 2.23. The second-order valence-electron chi connectivity index (χ2n) is 8.56. The van der Waals surface area contributed by atoms with Crippen LogP contribution in [-0.2, 0) is 27.9 Å².